The molecule has 3 heteroatoms. The van der Waals surface area contributed by atoms with E-state index < -0.39 is 5.97 Å². The van der Waals surface area contributed by atoms with Crippen molar-refractivity contribution in [3.63, 3.8) is 0 Å². The zero-order chi connectivity index (χ0) is 12.3. The van der Waals surface area contributed by atoms with Crippen LogP contribution in [-0.2, 0) is 4.79 Å². The number of carboxylic acids is 1. The Morgan fingerprint density at radius 1 is 1.38 bits per heavy atom. The van der Waals surface area contributed by atoms with Crippen LogP contribution in [-0.4, -0.2) is 18.2 Å². The van der Waals surface area contributed by atoms with Crippen LogP contribution in [0, 0.1) is 13.8 Å². The Balaban J connectivity index is 3.03. The van der Waals surface area contributed by atoms with Crippen LogP contribution in [0.1, 0.15) is 36.0 Å². The van der Waals surface area contributed by atoms with Crippen molar-refractivity contribution in [1.29, 1.82) is 0 Å². The van der Waals surface area contributed by atoms with Gasteiger partial charge in [-0.15, -0.1) is 0 Å². The van der Waals surface area contributed by atoms with E-state index in [1.807, 2.05) is 32.9 Å². The number of hydrogen-bond acceptors (Lipinski definition) is 2. The average Bonchev–Trinajstić information content (AvgIpc) is 2.16. The van der Waals surface area contributed by atoms with Crippen LogP contribution in [0.3, 0.4) is 0 Å². The van der Waals surface area contributed by atoms with E-state index in [9.17, 15) is 4.79 Å². The average molecular weight is 222 g/mol. The first-order valence-electron chi connectivity index (χ1n) is 5.32. The molecule has 0 amide bonds. The fourth-order valence-electron chi connectivity index (χ4n) is 1.97. The molecule has 0 heterocycles. The minimum Gasteiger partial charge on any atom is -0.496 e. The van der Waals surface area contributed by atoms with Gasteiger partial charge >= 0.3 is 5.97 Å². The number of rotatable bonds is 4. The van der Waals surface area contributed by atoms with E-state index in [1.165, 1.54) is 0 Å². The second-order valence-corrected chi connectivity index (χ2v) is 4.19. The van der Waals surface area contributed by atoms with Gasteiger partial charge in [-0.25, -0.2) is 0 Å². The van der Waals surface area contributed by atoms with Crippen molar-refractivity contribution in [3.05, 3.63) is 28.8 Å². The number of carbonyl (C=O) groups is 1. The van der Waals surface area contributed by atoms with E-state index in [0.717, 1.165) is 22.4 Å². The maximum Gasteiger partial charge on any atom is 0.303 e. The largest absolute Gasteiger partial charge is 0.496 e. The summed E-state index contributed by atoms with van der Waals surface area (Å²) < 4.78 is 5.28. The molecule has 0 aliphatic heterocycles. The lowest BCUT2D eigenvalue weighted by atomic mass is 9.94. The first kappa shape index (κ1) is 12.6. The quantitative estimate of drug-likeness (QED) is 0.852. The number of carboxylic acid groups (broad SMARTS) is 1. The summed E-state index contributed by atoms with van der Waals surface area (Å²) in [7, 11) is 1.65. The van der Waals surface area contributed by atoms with E-state index in [-0.39, 0.29) is 12.3 Å². The summed E-state index contributed by atoms with van der Waals surface area (Å²) in [5.74, 6) is 0.144. The highest BCUT2D eigenvalue weighted by Gasteiger charge is 2.13. The van der Waals surface area contributed by atoms with E-state index in [0.29, 0.717) is 0 Å². The molecule has 0 aliphatic rings. The highest BCUT2D eigenvalue weighted by atomic mass is 16.5. The van der Waals surface area contributed by atoms with Gasteiger partial charge in [-0.3, -0.25) is 4.79 Å². The predicted molar refractivity (Wildman–Crippen MR) is 63.1 cm³/mol. The smallest absolute Gasteiger partial charge is 0.303 e. The Morgan fingerprint density at radius 2 is 1.88 bits per heavy atom. The van der Waals surface area contributed by atoms with Crippen LogP contribution >= 0.6 is 0 Å². The standard InChI is InChI=1S/C13H18O3/c1-8(7-12(14)15)11-5-9(2)13(16-4)10(3)6-11/h5-6,8H,7H2,1-4H3,(H,14,15). The third-order valence-electron chi connectivity index (χ3n) is 2.74. The van der Waals surface area contributed by atoms with Gasteiger partial charge in [-0.05, 0) is 36.5 Å². The lowest BCUT2D eigenvalue weighted by Gasteiger charge is -2.14. The Hall–Kier alpha value is -1.51. The summed E-state index contributed by atoms with van der Waals surface area (Å²) in [4.78, 5) is 10.7. The Morgan fingerprint density at radius 3 is 2.25 bits per heavy atom. The molecule has 0 aliphatic carbocycles. The number of aryl methyl sites for hydroxylation is 2. The first-order chi connectivity index (χ1) is 7.45. The van der Waals surface area contributed by atoms with Crippen molar-refractivity contribution in [1.82, 2.24) is 0 Å². The molecule has 0 aromatic heterocycles. The second-order valence-electron chi connectivity index (χ2n) is 4.19. The SMILES string of the molecule is COc1c(C)cc(C(C)CC(=O)O)cc1C. The fourth-order valence-corrected chi connectivity index (χ4v) is 1.97. The molecule has 16 heavy (non-hydrogen) atoms. The van der Waals surface area contributed by atoms with Gasteiger partial charge in [0.25, 0.3) is 0 Å². The van der Waals surface area contributed by atoms with Crippen LogP contribution in [0.5, 0.6) is 5.75 Å². The molecule has 1 aromatic carbocycles. The van der Waals surface area contributed by atoms with Crippen LogP contribution in [0.4, 0.5) is 0 Å². The molecular weight excluding hydrogens is 204 g/mol. The molecule has 1 atom stereocenters. The van der Waals surface area contributed by atoms with Crippen molar-refractivity contribution in [2.75, 3.05) is 7.11 Å². The molecule has 0 saturated carbocycles. The van der Waals surface area contributed by atoms with Gasteiger partial charge in [0, 0.05) is 0 Å². The molecule has 1 unspecified atom stereocenters. The second kappa shape index (κ2) is 5.01. The van der Waals surface area contributed by atoms with Crippen LogP contribution in [0.15, 0.2) is 12.1 Å². The predicted octanol–water partition coefficient (Wildman–Crippen LogP) is 2.89. The number of aliphatic carboxylic acids is 1. The van der Waals surface area contributed by atoms with Gasteiger partial charge < -0.3 is 9.84 Å². The monoisotopic (exact) mass is 222 g/mol. The molecule has 88 valence electrons. The summed E-state index contributed by atoms with van der Waals surface area (Å²) in [6.07, 6.45) is 0.158. The van der Waals surface area contributed by atoms with E-state index in [4.69, 9.17) is 9.84 Å². The van der Waals surface area contributed by atoms with Crippen molar-refractivity contribution >= 4 is 5.97 Å². The van der Waals surface area contributed by atoms with Gasteiger partial charge in [-0.2, -0.15) is 0 Å². The van der Waals surface area contributed by atoms with Gasteiger partial charge in [0.2, 0.25) is 0 Å². The number of hydrogen-bond donors (Lipinski definition) is 1. The fraction of sp³-hybridized carbons (Fsp3) is 0.462. The topological polar surface area (TPSA) is 46.5 Å². The molecule has 0 bridgehead atoms. The Bertz CT molecular complexity index is 373. The summed E-state index contributed by atoms with van der Waals surface area (Å²) in [6, 6.07) is 4.00. The summed E-state index contributed by atoms with van der Waals surface area (Å²) in [5.41, 5.74) is 3.16. The molecule has 0 fully saturated rings. The molecule has 0 saturated heterocycles. The highest BCUT2D eigenvalue weighted by molar-refractivity contribution is 5.68. The molecule has 3 nitrogen and oxygen atoms in total. The molecular formula is C13H18O3. The van der Waals surface area contributed by atoms with Crippen molar-refractivity contribution < 1.29 is 14.6 Å². The van der Waals surface area contributed by atoms with Gasteiger partial charge in [0.05, 0.1) is 13.5 Å². The van der Waals surface area contributed by atoms with Gasteiger partial charge in [0.1, 0.15) is 5.75 Å². The summed E-state index contributed by atoms with van der Waals surface area (Å²) in [6.45, 7) is 5.88. The number of methoxy groups -OCH3 is 1. The lowest BCUT2D eigenvalue weighted by molar-refractivity contribution is -0.137. The number of ether oxygens (including phenoxy) is 1. The van der Waals surface area contributed by atoms with E-state index in [1.54, 1.807) is 7.11 Å². The first-order valence-corrected chi connectivity index (χ1v) is 5.32. The zero-order valence-electron chi connectivity index (χ0n) is 10.2. The van der Waals surface area contributed by atoms with Gasteiger partial charge in [0.15, 0.2) is 0 Å². The van der Waals surface area contributed by atoms with Crippen molar-refractivity contribution in [3.8, 4) is 5.75 Å². The lowest BCUT2D eigenvalue weighted by Crippen LogP contribution is -2.04. The number of benzene rings is 1. The maximum atomic E-state index is 10.7. The molecule has 1 rings (SSSR count). The third kappa shape index (κ3) is 2.75. The Kier molecular flexibility index (Phi) is 3.93. The normalized spacial score (nSPS) is 12.2. The van der Waals surface area contributed by atoms with E-state index >= 15 is 0 Å². The molecule has 1 aromatic rings. The minimum absolute atomic E-state index is 0.0285. The zero-order valence-corrected chi connectivity index (χ0v) is 10.2. The van der Waals surface area contributed by atoms with E-state index in [2.05, 4.69) is 0 Å². The van der Waals surface area contributed by atoms with Crippen LogP contribution < -0.4 is 4.74 Å². The van der Waals surface area contributed by atoms with Crippen LogP contribution in [0.2, 0.25) is 0 Å². The molecule has 1 N–H and O–H groups in total. The third-order valence-corrected chi connectivity index (χ3v) is 2.74. The minimum atomic E-state index is -0.765. The van der Waals surface area contributed by atoms with Crippen LogP contribution in [0.25, 0.3) is 0 Å². The maximum absolute atomic E-state index is 10.7. The molecule has 0 spiro atoms. The molecule has 0 radical (unpaired) electrons. The highest BCUT2D eigenvalue weighted by Crippen LogP contribution is 2.29. The Labute approximate surface area is 96.1 Å². The van der Waals surface area contributed by atoms with Crippen molar-refractivity contribution in [2.24, 2.45) is 0 Å². The summed E-state index contributed by atoms with van der Waals surface area (Å²) in [5, 5.41) is 8.76. The van der Waals surface area contributed by atoms with Gasteiger partial charge in [-0.1, -0.05) is 19.1 Å². The summed E-state index contributed by atoms with van der Waals surface area (Å²) >= 11 is 0. The van der Waals surface area contributed by atoms with Crippen molar-refractivity contribution in [2.45, 2.75) is 33.1 Å².